The van der Waals surface area contributed by atoms with Crippen LogP contribution in [-0.4, -0.2) is 69.0 Å². The van der Waals surface area contributed by atoms with Gasteiger partial charge in [-0.3, -0.25) is 0 Å². The third kappa shape index (κ3) is 4.29. The van der Waals surface area contributed by atoms with Crippen LogP contribution in [0.2, 0.25) is 0 Å². The minimum Gasteiger partial charge on any atom is -0.382 e. The minimum atomic E-state index is -0.377. The lowest BCUT2D eigenvalue weighted by atomic mass is 10.0. The van der Waals surface area contributed by atoms with Gasteiger partial charge < -0.3 is 33.2 Å². The van der Waals surface area contributed by atoms with Gasteiger partial charge in [0.15, 0.2) is 4.77 Å². The molecule has 1 saturated heterocycles. The van der Waals surface area contributed by atoms with E-state index in [2.05, 4.69) is 4.98 Å². The third-order valence-corrected chi connectivity index (χ3v) is 4.68. The largest absolute Gasteiger partial charge is 0.382 e. The molecule has 1 aromatic rings. The smallest absolute Gasteiger partial charge is 0.177 e. The number of aromatic nitrogens is 2. The minimum absolute atomic E-state index is 0.250. The Balaban J connectivity index is 2.35. The van der Waals surface area contributed by atoms with Crippen molar-refractivity contribution >= 4 is 24.4 Å². The first-order valence-corrected chi connectivity index (χ1v) is 8.42. The molecule has 136 valence electrons. The fourth-order valence-electron chi connectivity index (χ4n) is 2.80. The van der Waals surface area contributed by atoms with Gasteiger partial charge in [-0.25, -0.2) is 0 Å². The average molecular weight is 377 g/mol. The van der Waals surface area contributed by atoms with Crippen LogP contribution < -0.4 is 0 Å². The molecule has 1 N–H and O–H groups in total. The first kappa shape index (κ1) is 19.6. The predicted octanol–water partition coefficient (Wildman–Crippen LogP) is 1.95. The van der Waals surface area contributed by atoms with Crippen molar-refractivity contribution in [3.05, 3.63) is 21.2 Å². The first-order valence-electron chi connectivity index (χ1n) is 7.61. The molecule has 7 nitrogen and oxygen atoms in total. The fraction of sp³-hybridized carbons (Fsp3) is 0.733. The number of aryl methyl sites for hydroxylation is 1. The van der Waals surface area contributed by atoms with E-state index in [0.717, 1.165) is 5.56 Å². The standard InChI is InChI=1S/C15H24N2O5S2/c1-17-7-9(14(23)16-15(17)24)11-13(21-6-5-18-2)12(20-4)10(22-11)8-19-3/h7,10-13H,5-6,8H2,1-4H3,(H,16,23,24)/t10-,11+,12?,13-/m1/s1. The lowest BCUT2D eigenvalue weighted by molar-refractivity contribution is -0.0659. The Hall–Kier alpha value is -0.680. The Kier molecular flexibility index (Phi) is 7.48. The maximum absolute atomic E-state index is 6.16. The summed E-state index contributed by atoms with van der Waals surface area (Å²) in [5, 5.41) is 0. The Morgan fingerprint density at radius 3 is 2.54 bits per heavy atom. The maximum Gasteiger partial charge on any atom is 0.177 e. The quantitative estimate of drug-likeness (QED) is 0.549. The summed E-state index contributed by atoms with van der Waals surface area (Å²) >= 11 is 10.6. The number of H-pyrrole nitrogens is 1. The van der Waals surface area contributed by atoms with Crippen molar-refractivity contribution in [2.75, 3.05) is 41.2 Å². The number of hydrogen-bond acceptors (Lipinski definition) is 7. The highest BCUT2D eigenvalue weighted by atomic mass is 32.1. The van der Waals surface area contributed by atoms with E-state index in [-0.39, 0.29) is 24.4 Å². The molecule has 0 aromatic carbocycles. The number of nitrogens with one attached hydrogen (secondary N) is 1. The Morgan fingerprint density at radius 1 is 1.17 bits per heavy atom. The second-order valence-corrected chi connectivity index (χ2v) is 6.33. The summed E-state index contributed by atoms with van der Waals surface area (Å²) in [4.78, 5) is 3.01. The van der Waals surface area contributed by atoms with Crippen molar-refractivity contribution < 1.29 is 23.7 Å². The maximum atomic E-state index is 6.16. The molecule has 24 heavy (non-hydrogen) atoms. The van der Waals surface area contributed by atoms with Crippen LogP contribution in [0.4, 0.5) is 0 Å². The van der Waals surface area contributed by atoms with E-state index in [4.69, 9.17) is 48.1 Å². The summed E-state index contributed by atoms with van der Waals surface area (Å²) in [5.74, 6) is 0. The molecule has 0 saturated carbocycles. The topological polar surface area (TPSA) is 66.9 Å². The van der Waals surface area contributed by atoms with Crippen LogP contribution in [0.5, 0.6) is 0 Å². The van der Waals surface area contributed by atoms with E-state index in [9.17, 15) is 0 Å². The summed E-state index contributed by atoms with van der Waals surface area (Å²) < 4.78 is 31.0. The number of nitrogens with zero attached hydrogens (tertiary/aromatic N) is 1. The predicted molar refractivity (Wildman–Crippen MR) is 93.3 cm³/mol. The summed E-state index contributed by atoms with van der Waals surface area (Å²) in [7, 11) is 6.75. The van der Waals surface area contributed by atoms with Crippen LogP contribution in [-0.2, 0) is 30.7 Å². The van der Waals surface area contributed by atoms with E-state index >= 15 is 0 Å². The van der Waals surface area contributed by atoms with Gasteiger partial charge in [0, 0.05) is 40.1 Å². The van der Waals surface area contributed by atoms with Gasteiger partial charge in [-0.1, -0.05) is 12.2 Å². The summed E-state index contributed by atoms with van der Waals surface area (Å²) in [5.41, 5.74) is 0.809. The van der Waals surface area contributed by atoms with E-state index in [1.165, 1.54) is 0 Å². The van der Waals surface area contributed by atoms with Crippen LogP contribution in [0.3, 0.4) is 0 Å². The van der Waals surface area contributed by atoms with Gasteiger partial charge in [-0.2, -0.15) is 0 Å². The Labute approximate surface area is 151 Å². The lowest BCUT2D eigenvalue weighted by Crippen LogP contribution is -2.37. The van der Waals surface area contributed by atoms with Gasteiger partial charge in [-0.05, 0) is 12.2 Å². The fourth-order valence-corrected chi connectivity index (χ4v) is 3.28. The molecular weight excluding hydrogens is 352 g/mol. The number of ether oxygens (including phenoxy) is 5. The molecule has 9 heteroatoms. The van der Waals surface area contributed by atoms with E-state index in [1.807, 2.05) is 13.2 Å². The van der Waals surface area contributed by atoms with Gasteiger partial charge in [0.2, 0.25) is 0 Å². The molecular formula is C15H24N2O5S2. The average Bonchev–Trinajstić information content (AvgIpc) is 2.89. The highest BCUT2D eigenvalue weighted by molar-refractivity contribution is 7.72. The lowest BCUT2D eigenvalue weighted by Gasteiger charge is -2.23. The Morgan fingerprint density at radius 2 is 1.92 bits per heavy atom. The van der Waals surface area contributed by atoms with Crippen LogP contribution >= 0.6 is 24.4 Å². The van der Waals surface area contributed by atoms with E-state index in [0.29, 0.717) is 29.2 Å². The molecule has 4 atom stereocenters. The molecule has 0 spiro atoms. The van der Waals surface area contributed by atoms with Gasteiger partial charge in [0.1, 0.15) is 29.1 Å². The molecule has 1 unspecified atom stereocenters. The molecule has 1 aromatic heterocycles. The van der Waals surface area contributed by atoms with Crippen LogP contribution in [0.15, 0.2) is 6.20 Å². The molecule has 2 heterocycles. The summed E-state index contributed by atoms with van der Waals surface area (Å²) in [6, 6.07) is 0. The van der Waals surface area contributed by atoms with E-state index in [1.54, 1.807) is 25.9 Å². The van der Waals surface area contributed by atoms with Crippen molar-refractivity contribution in [3.8, 4) is 0 Å². The zero-order chi connectivity index (χ0) is 17.7. The zero-order valence-electron chi connectivity index (χ0n) is 14.3. The van der Waals surface area contributed by atoms with E-state index < -0.39 is 0 Å². The first-order chi connectivity index (χ1) is 11.5. The molecule has 0 aliphatic carbocycles. The molecule has 1 aliphatic heterocycles. The highest BCUT2D eigenvalue weighted by Crippen LogP contribution is 2.37. The second-order valence-electron chi connectivity index (χ2n) is 5.53. The van der Waals surface area contributed by atoms with Crippen molar-refractivity contribution in [1.29, 1.82) is 0 Å². The molecule has 1 fully saturated rings. The van der Waals surface area contributed by atoms with Crippen LogP contribution in [0.25, 0.3) is 0 Å². The number of hydrogen-bond donors (Lipinski definition) is 1. The van der Waals surface area contributed by atoms with Crippen molar-refractivity contribution in [1.82, 2.24) is 9.55 Å². The van der Waals surface area contributed by atoms with Crippen molar-refractivity contribution in [2.45, 2.75) is 24.4 Å². The molecule has 0 radical (unpaired) electrons. The normalized spacial score (nSPS) is 26.8. The highest BCUT2D eigenvalue weighted by Gasteiger charge is 2.47. The number of methoxy groups -OCH3 is 3. The number of rotatable bonds is 8. The molecule has 0 amide bonds. The van der Waals surface area contributed by atoms with Crippen molar-refractivity contribution in [2.24, 2.45) is 7.05 Å². The zero-order valence-corrected chi connectivity index (χ0v) is 15.9. The molecule has 2 rings (SSSR count). The van der Waals surface area contributed by atoms with Gasteiger partial charge in [0.05, 0.1) is 19.8 Å². The van der Waals surface area contributed by atoms with Crippen molar-refractivity contribution in [3.63, 3.8) is 0 Å². The Bertz CT molecular complexity index is 647. The summed E-state index contributed by atoms with van der Waals surface area (Å²) in [6.45, 7) is 1.32. The van der Waals surface area contributed by atoms with Gasteiger partial charge in [-0.15, -0.1) is 0 Å². The SMILES string of the molecule is COCCO[C@H]1C(OC)[C@@H](COC)O[C@H]1c1cn(C)c(=S)[nH]c1=S. The van der Waals surface area contributed by atoms with Gasteiger partial charge >= 0.3 is 0 Å². The second kappa shape index (κ2) is 9.14. The van der Waals surface area contributed by atoms with Gasteiger partial charge in [0.25, 0.3) is 0 Å². The third-order valence-electron chi connectivity index (χ3n) is 3.95. The number of aromatic amines is 1. The van der Waals surface area contributed by atoms with Crippen LogP contribution in [0.1, 0.15) is 11.7 Å². The van der Waals surface area contributed by atoms with Crippen LogP contribution in [0, 0.1) is 9.41 Å². The monoisotopic (exact) mass is 376 g/mol. The molecule has 0 bridgehead atoms. The molecule has 1 aliphatic rings. The summed E-state index contributed by atoms with van der Waals surface area (Å²) in [6.07, 6.45) is 0.657.